The highest BCUT2D eigenvalue weighted by Gasteiger charge is 2.25. The van der Waals surface area contributed by atoms with Crippen molar-refractivity contribution in [2.24, 2.45) is 0 Å². The summed E-state index contributed by atoms with van der Waals surface area (Å²) in [5, 5.41) is 5.66. The van der Waals surface area contributed by atoms with Crippen molar-refractivity contribution < 1.29 is 13.2 Å². The van der Waals surface area contributed by atoms with Crippen molar-refractivity contribution in [2.75, 3.05) is 31.5 Å². The van der Waals surface area contributed by atoms with Crippen molar-refractivity contribution >= 4 is 21.6 Å². The molecular formula is C13H17N3O3S. The maximum absolute atomic E-state index is 12.5. The second-order valence-electron chi connectivity index (χ2n) is 4.38. The molecule has 108 valence electrons. The number of anilines is 1. The van der Waals surface area contributed by atoms with Crippen LogP contribution in [0.15, 0.2) is 41.8 Å². The number of carbonyl (C=O) groups is 1. The van der Waals surface area contributed by atoms with Crippen molar-refractivity contribution in [2.45, 2.75) is 4.90 Å². The van der Waals surface area contributed by atoms with Gasteiger partial charge < -0.3 is 10.6 Å². The number of benzene rings is 1. The molecule has 1 aromatic carbocycles. The van der Waals surface area contributed by atoms with Gasteiger partial charge in [-0.15, -0.1) is 0 Å². The molecule has 0 aliphatic carbocycles. The van der Waals surface area contributed by atoms with Gasteiger partial charge in [0, 0.05) is 31.9 Å². The fraction of sp³-hybridized carbons (Fsp3) is 0.308. The van der Waals surface area contributed by atoms with Crippen LogP contribution in [0, 0.1) is 0 Å². The third-order valence-corrected chi connectivity index (χ3v) is 4.90. The number of sulfonamides is 1. The molecule has 0 saturated carbocycles. The minimum Gasteiger partial charge on any atom is -0.322 e. The molecule has 0 spiro atoms. The molecular weight excluding hydrogens is 278 g/mol. The Morgan fingerprint density at radius 3 is 2.70 bits per heavy atom. The van der Waals surface area contributed by atoms with Crippen LogP contribution in [0.5, 0.6) is 0 Å². The van der Waals surface area contributed by atoms with E-state index in [-0.39, 0.29) is 10.8 Å². The molecule has 1 amide bonds. The molecule has 0 unspecified atom stereocenters. The molecule has 7 heteroatoms. The number of nitrogens with zero attached hydrogens (tertiary/aromatic N) is 1. The lowest BCUT2D eigenvalue weighted by molar-refractivity contribution is -0.111. The lowest BCUT2D eigenvalue weighted by atomic mass is 10.3. The van der Waals surface area contributed by atoms with E-state index in [1.54, 1.807) is 12.1 Å². The largest absolute Gasteiger partial charge is 0.322 e. The molecule has 6 nitrogen and oxygen atoms in total. The molecule has 1 aliphatic heterocycles. The Hall–Kier alpha value is -1.70. The Labute approximate surface area is 118 Å². The molecule has 2 rings (SSSR count). The predicted octanol–water partition coefficient (Wildman–Crippen LogP) is 0.405. The molecule has 0 radical (unpaired) electrons. The third-order valence-electron chi connectivity index (χ3n) is 3.00. The molecule has 1 saturated heterocycles. The minimum atomic E-state index is -3.51. The third kappa shape index (κ3) is 3.24. The summed E-state index contributed by atoms with van der Waals surface area (Å²) >= 11 is 0. The highest BCUT2D eigenvalue weighted by molar-refractivity contribution is 7.89. The van der Waals surface area contributed by atoms with Crippen LogP contribution in [0.2, 0.25) is 0 Å². The fourth-order valence-electron chi connectivity index (χ4n) is 1.96. The quantitative estimate of drug-likeness (QED) is 0.788. The first-order valence-corrected chi connectivity index (χ1v) is 7.72. The maximum Gasteiger partial charge on any atom is 0.247 e. The van der Waals surface area contributed by atoms with Crippen molar-refractivity contribution in [3.8, 4) is 0 Å². The Balaban J connectivity index is 2.25. The summed E-state index contributed by atoms with van der Waals surface area (Å²) in [7, 11) is -3.51. The molecule has 0 atom stereocenters. The van der Waals surface area contributed by atoms with Crippen LogP contribution < -0.4 is 10.6 Å². The molecule has 20 heavy (non-hydrogen) atoms. The molecule has 1 aliphatic rings. The lowest BCUT2D eigenvalue weighted by Crippen LogP contribution is -2.46. The van der Waals surface area contributed by atoms with Crippen LogP contribution in [0.3, 0.4) is 0 Å². The topological polar surface area (TPSA) is 78.5 Å². The Morgan fingerprint density at radius 2 is 2.05 bits per heavy atom. The van der Waals surface area contributed by atoms with E-state index in [2.05, 4.69) is 17.2 Å². The zero-order valence-electron chi connectivity index (χ0n) is 11.0. The van der Waals surface area contributed by atoms with Gasteiger partial charge in [0.05, 0.1) is 4.90 Å². The summed E-state index contributed by atoms with van der Waals surface area (Å²) in [6, 6.07) is 6.23. The SMILES string of the molecule is C=CC(=O)Nc1cccc(S(=O)(=O)N2CCNCC2)c1. The van der Waals surface area contributed by atoms with E-state index in [1.807, 2.05) is 0 Å². The summed E-state index contributed by atoms with van der Waals surface area (Å²) in [6.07, 6.45) is 1.14. The van der Waals surface area contributed by atoms with E-state index in [1.165, 1.54) is 16.4 Å². The van der Waals surface area contributed by atoms with E-state index in [9.17, 15) is 13.2 Å². The number of rotatable bonds is 4. The first-order chi connectivity index (χ1) is 9.54. The number of nitrogens with one attached hydrogen (secondary N) is 2. The van der Waals surface area contributed by atoms with E-state index in [0.717, 1.165) is 6.08 Å². The zero-order chi connectivity index (χ0) is 14.6. The standard InChI is InChI=1S/C13H17N3O3S/c1-2-13(17)15-11-4-3-5-12(10-11)20(18,19)16-8-6-14-7-9-16/h2-5,10,14H,1,6-9H2,(H,15,17). The van der Waals surface area contributed by atoms with E-state index < -0.39 is 10.0 Å². The molecule has 1 heterocycles. The van der Waals surface area contributed by atoms with Crippen LogP contribution in [0.1, 0.15) is 0 Å². The average Bonchev–Trinajstić information content (AvgIpc) is 2.48. The van der Waals surface area contributed by atoms with Gasteiger partial charge in [0.1, 0.15) is 0 Å². The van der Waals surface area contributed by atoms with Gasteiger partial charge in [-0.25, -0.2) is 8.42 Å². The molecule has 2 N–H and O–H groups in total. The van der Waals surface area contributed by atoms with Gasteiger partial charge in [-0.2, -0.15) is 4.31 Å². The van der Waals surface area contributed by atoms with Gasteiger partial charge in [0.15, 0.2) is 0 Å². The minimum absolute atomic E-state index is 0.182. The van der Waals surface area contributed by atoms with Crippen LogP contribution in [-0.2, 0) is 14.8 Å². The van der Waals surface area contributed by atoms with E-state index >= 15 is 0 Å². The van der Waals surface area contributed by atoms with Crippen molar-refractivity contribution in [1.29, 1.82) is 0 Å². The molecule has 0 bridgehead atoms. The molecule has 1 aromatic rings. The van der Waals surface area contributed by atoms with Crippen molar-refractivity contribution in [3.63, 3.8) is 0 Å². The first kappa shape index (κ1) is 14.7. The normalized spacial score (nSPS) is 16.6. The Kier molecular flexibility index (Phi) is 4.53. The van der Waals surface area contributed by atoms with Gasteiger partial charge in [-0.3, -0.25) is 4.79 Å². The highest BCUT2D eigenvalue weighted by atomic mass is 32.2. The molecule has 0 aromatic heterocycles. The van der Waals surface area contributed by atoms with Gasteiger partial charge in [0.2, 0.25) is 15.9 Å². The van der Waals surface area contributed by atoms with Crippen molar-refractivity contribution in [1.82, 2.24) is 9.62 Å². The number of amides is 1. The average molecular weight is 295 g/mol. The highest BCUT2D eigenvalue weighted by Crippen LogP contribution is 2.20. The van der Waals surface area contributed by atoms with Crippen LogP contribution in [0.4, 0.5) is 5.69 Å². The smallest absolute Gasteiger partial charge is 0.247 e. The van der Waals surface area contributed by atoms with E-state index in [0.29, 0.717) is 31.9 Å². The number of carbonyl (C=O) groups excluding carboxylic acids is 1. The summed E-state index contributed by atoms with van der Waals surface area (Å²) in [4.78, 5) is 11.4. The summed E-state index contributed by atoms with van der Waals surface area (Å²) in [5.74, 6) is -0.373. The van der Waals surface area contributed by atoms with Gasteiger partial charge in [-0.1, -0.05) is 12.6 Å². The monoisotopic (exact) mass is 295 g/mol. The van der Waals surface area contributed by atoms with Crippen LogP contribution in [-0.4, -0.2) is 44.8 Å². The summed E-state index contributed by atoms with van der Waals surface area (Å²) in [6.45, 7) is 5.55. The summed E-state index contributed by atoms with van der Waals surface area (Å²) in [5.41, 5.74) is 0.436. The first-order valence-electron chi connectivity index (χ1n) is 6.28. The van der Waals surface area contributed by atoms with Crippen molar-refractivity contribution in [3.05, 3.63) is 36.9 Å². The predicted molar refractivity (Wildman–Crippen MR) is 76.9 cm³/mol. The zero-order valence-corrected chi connectivity index (χ0v) is 11.8. The summed E-state index contributed by atoms with van der Waals surface area (Å²) < 4.78 is 26.4. The number of piperazine rings is 1. The fourth-order valence-corrected chi connectivity index (χ4v) is 3.45. The second-order valence-corrected chi connectivity index (χ2v) is 6.31. The van der Waals surface area contributed by atoms with Crippen LogP contribution in [0.25, 0.3) is 0 Å². The Bertz CT molecular complexity index is 607. The molecule has 1 fully saturated rings. The van der Waals surface area contributed by atoms with Gasteiger partial charge in [-0.05, 0) is 24.3 Å². The van der Waals surface area contributed by atoms with Gasteiger partial charge >= 0.3 is 0 Å². The lowest BCUT2D eigenvalue weighted by Gasteiger charge is -2.26. The Morgan fingerprint density at radius 1 is 1.35 bits per heavy atom. The number of hydrogen-bond donors (Lipinski definition) is 2. The van der Waals surface area contributed by atoms with E-state index in [4.69, 9.17) is 0 Å². The number of hydrogen-bond acceptors (Lipinski definition) is 4. The van der Waals surface area contributed by atoms with Crippen LogP contribution >= 0.6 is 0 Å². The second kappa shape index (κ2) is 6.17. The maximum atomic E-state index is 12.5. The van der Waals surface area contributed by atoms with Gasteiger partial charge in [0.25, 0.3) is 0 Å².